The van der Waals surface area contributed by atoms with E-state index in [0.717, 1.165) is 13.0 Å². The fourth-order valence-electron chi connectivity index (χ4n) is 2.47. The van der Waals surface area contributed by atoms with Crippen LogP contribution in [0.25, 0.3) is 0 Å². The van der Waals surface area contributed by atoms with Crippen LogP contribution in [-0.4, -0.2) is 60.2 Å². The monoisotopic (exact) mass is 524 g/mol. The van der Waals surface area contributed by atoms with Crippen molar-refractivity contribution in [3.8, 4) is 0 Å². The van der Waals surface area contributed by atoms with Crippen molar-refractivity contribution >= 4 is 11.9 Å². The number of rotatable bonds is 7. The Morgan fingerprint density at radius 2 is 1.47 bits per heavy atom. The van der Waals surface area contributed by atoms with Gasteiger partial charge in [-0.1, -0.05) is 19.1 Å². The molecule has 1 N–H and O–H groups in total. The quantitative estimate of drug-likeness (QED) is 0.338. The Hall–Kier alpha value is -2.68. The van der Waals surface area contributed by atoms with Gasteiger partial charge in [0.2, 0.25) is 5.67 Å². The zero-order chi connectivity index (χ0) is 27.1. The van der Waals surface area contributed by atoms with E-state index in [4.69, 9.17) is 14.3 Å². The molecule has 34 heavy (non-hydrogen) atoms. The van der Waals surface area contributed by atoms with Crippen molar-refractivity contribution in [2.24, 2.45) is 5.92 Å². The van der Waals surface area contributed by atoms with E-state index in [1.54, 1.807) is 0 Å². The van der Waals surface area contributed by atoms with E-state index < -0.39 is 67.4 Å². The van der Waals surface area contributed by atoms with Gasteiger partial charge in [0.1, 0.15) is 6.17 Å². The topological polar surface area (TPSA) is 63.6 Å². The van der Waals surface area contributed by atoms with Crippen LogP contribution in [0, 0.1) is 5.92 Å². The highest BCUT2D eigenvalue weighted by Gasteiger charge is 2.77. The first-order valence-electron chi connectivity index (χ1n) is 8.79. The van der Waals surface area contributed by atoms with E-state index in [9.17, 15) is 53.5 Å². The van der Waals surface area contributed by atoms with Gasteiger partial charge >= 0.3 is 24.0 Å². The molecular weight excluding hydrogens is 508 g/mol. The molecule has 4 nitrogen and oxygen atoms in total. The van der Waals surface area contributed by atoms with Gasteiger partial charge in [0.25, 0.3) is 5.92 Å². The molecule has 0 amide bonds. The van der Waals surface area contributed by atoms with Crippen LogP contribution in [0.5, 0.6) is 0 Å². The molecule has 1 aromatic carbocycles. The van der Waals surface area contributed by atoms with Gasteiger partial charge in [0, 0.05) is 21.5 Å². The zero-order valence-electron chi connectivity index (χ0n) is 16.8. The van der Waals surface area contributed by atoms with Crippen LogP contribution >= 0.6 is 0 Å². The Kier molecular flexibility index (Phi) is 10.7. The van der Waals surface area contributed by atoms with Gasteiger partial charge in [-0.05, 0) is 12.1 Å². The minimum absolute atomic E-state index is 0.304. The molecule has 1 fully saturated rings. The summed E-state index contributed by atoms with van der Waals surface area (Å²) in [6, 6.07) is 5.09. The van der Waals surface area contributed by atoms with Gasteiger partial charge in [0.15, 0.2) is 6.67 Å². The predicted molar refractivity (Wildman–Crippen MR) is 90.3 cm³/mol. The maximum atomic E-state index is 13.7. The molecule has 0 heterocycles. The molecule has 1 saturated carbocycles. The van der Waals surface area contributed by atoms with Crippen LogP contribution < -0.4 is 0 Å². The first kappa shape index (κ1) is 31.3. The first-order chi connectivity index (χ1) is 15.4. The molecule has 0 saturated heterocycles. The fourth-order valence-corrected chi connectivity index (χ4v) is 2.47. The zero-order valence-corrected chi connectivity index (χ0v) is 16.8. The number of benzene rings is 1. The second kappa shape index (κ2) is 11.6. The minimum atomic E-state index is -5.76. The Bertz CT molecular complexity index is 819. The van der Waals surface area contributed by atoms with Gasteiger partial charge in [0.05, 0.1) is 17.7 Å². The number of carbonyl (C=O) groups excluding carboxylic acids is 1. The van der Waals surface area contributed by atoms with E-state index in [2.05, 4.69) is 4.74 Å². The molecule has 0 aliphatic heterocycles. The van der Waals surface area contributed by atoms with Crippen molar-refractivity contribution in [3.05, 3.63) is 35.4 Å². The lowest BCUT2D eigenvalue weighted by Gasteiger charge is -2.20. The standard InChI is InChI=1S/C15H14F4O4.C3H2F6.F2/c1-8-11(16)15(8,19)14(17,18)6-7-23-13(22)10-5-3-2-4-9(10)12(20)21;4-1-2(5,6)3(7,8)9;1-2/h2-5,8,11H,6-7H2,1H3,(H,20,21);1H2;. The second-order valence-corrected chi connectivity index (χ2v) is 6.74. The average Bonchev–Trinajstić information content (AvgIpc) is 3.27. The van der Waals surface area contributed by atoms with Crippen LogP contribution in [0.1, 0.15) is 34.1 Å². The number of alkyl halides is 10. The minimum Gasteiger partial charge on any atom is -0.478 e. The van der Waals surface area contributed by atoms with Crippen LogP contribution in [0.15, 0.2) is 24.3 Å². The van der Waals surface area contributed by atoms with E-state index >= 15 is 0 Å². The Morgan fingerprint density at radius 3 is 1.79 bits per heavy atom. The lowest BCUT2D eigenvalue weighted by Crippen LogP contribution is -2.38. The molecule has 0 aromatic heterocycles. The average molecular weight is 524 g/mol. The predicted octanol–water partition coefficient (Wildman–Crippen LogP) is 6.26. The third-order valence-corrected chi connectivity index (χ3v) is 4.56. The largest absolute Gasteiger partial charge is 0.478 e. The SMILES string of the molecule is CC1C(F)C1(F)C(F)(F)CCOC(=O)c1ccccc1C(=O)O.FCC(F)(F)C(F)(F)F.FF. The Morgan fingerprint density at radius 1 is 1.03 bits per heavy atom. The fraction of sp³-hybridized carbons (Fsp3) is 0.556. The number of aromatic carboxylic acids is 1. The van der Waals surface area contributed by atoms with E-state index in [1.807, 2.05) is 0 Å². The van der Waals surface area contributed by atoms with Crippen LogP contribution in [0.4, 0.5) is 53.1 Å². The maximum Gasteiger partial charge on any atom is 0.456 e. The summed E-state index contributed by atoms with van der Waals surface area (Å²) in [7, 11) is 0. The lowest BCUT2D eigenvalue weighted by atomic mass is 10.1. The van der Waals surface area contributed by atoms with E-state index in [1.165, 1.54) is 18.2 Å². The third-order valence-electron chi connectivity index (χ3n) is 4.56. The van der Waals surface area contributed by atoms with Gasteiger partial charge in [-0.2, -0.15) is 22.0 Å². The number of carbonyl (C=O) groups is 2. The number of esters is 1. The van der Waals surface area contributed by atoms with Crippen molar-refractivity contribution in [1.82, 2.24) is 0 Å². The van der Waals surface area contributed by atoms with Crippen LogP contribution in [-0.2, 0) is 4.74 Å². The van der Waals surface area contributed by atoms with Gasteiger partial charge in [-0.3, -0.25) is 0 Å². The van der Waals surface area contributed by atoms with Crippen molar-refractivity contribution in [2.75, 3.05) is 13.3 Å². The molecule has 1 aliphatic carbocycles. The molecule has 2 rings (SSSR count). The summed E-state index contributed by atoms with van der Waals surface area (Å²) in [5.74, 6) is -13.1. The van der Waals surface area contributed by atoms with Crippen molar-refractivity contribution in [1.29, 1.82) is 0 Å². The highest BCUT2D eigenvalue weighted by Crippen LogP contribution is 2.59. The summed E-state index contributed by atoms with van der Waals surface area (Å²) in [5, 5.41) is 8.92. The maximum absolute atomic E-state index is 13.7. The van der Waals surface area contributed by atoms with Gasteiger partial charge in [-0.25, -0.2) is 31.5 Å². The molecule has 16 heteroatoms. The number of halogens is 12. The van der Waals surface area contributed by atoms with Gasteiger partial charge in [-0.15, -0.1) is 0 Å². The molecule has 3 atom stereocenters. The Balaban J connectivity index is 0.000000836. The summed E-state index contributed by atoms with van der Waals surface area (Å²) in [6.07, 6.45) is -9.20. The smallest absolute Gasteiger partial charge is 0.456 e. The Labute approximate surface area is 183 Å². The van der Waals surface area contributed by atoms with Crippen LogP contribution in [0.3, 0.4) is 0 Å². The highest BCUT2D eigenvalue weighted by atomic mass is 20.0. The van der Waals surface area contributed by atoms with Crippen molar-refractivity contribution < 1.29 is 72.5 Å². The molecular formula is C18H16F12O4. The molecule has 1 aromatic rings. The van der Waals surface area contributed by atoms with Crippen LogP contribution in [0.2, 0.25) is 0 Å². The first-order valence-corrected chi connectivity index (χ1v) is 8.79. The van der Waals surface area contributed by atoms with E-state index in [0.29, 0.717) is 0 Å². The van der Waals surface area contributed by atoms with Crippen molar-refractivity contribution in [3.63, 3.8) is 0 Å². The van der Waals surface area contributed by atoms with Gasteiger partial charge < -0.3 is 9.84 Å². The molecule has 0 bridgehead atoms. The normalized spacial score (nSPS) is 21.9. The summed E-state index contributed by atoms with van der Waals surface area (Å²) in [6.45, 7) is -2.52. The number of hydrogen-bond donors (Lipinski definition) is 1. The van der Waals surface area contributed by atoms with Crippen molar-refractivity contribution in [2.45, 2.75) is 43.2 Å². The summed E-state index contributed by atoms with van der Waals surface area (Å²) >= 11 is 0. The molecule has 0 radical (unpaired) electrons. The molecule has 0 spiro atoms. The number of hydrogen-bond acceptors (Lipinski definition) is 3. The second-order valence-electron chi connectivity index (χ2n) is 6.74. The third kappa shape index (κ3) is 6.91. The molecule has 196 valence electrons. The number of carboxylic acid groups (broad SMARTS) is 1. The number of carboxylic acids is 1. The van der Waals surface area contributed by atoms with E-state index in [-0.39, 0.29) is 11.1 Å². The highest BCUT2D eigenvalue weighted by molar-refractivity contribution is 6.02. The molecule has 1 aliphatic rings. The molecule has 3 unspecified atom stereocenters. The number of ether oxygens (including phenoxy) is 1. The summed E-state index contributed by atoms with van der Waals surface area (Å²) in [4.78, 5) is 22.7. The summed E-state index contributed by atoms with van der Waals surface area (Å²) in [5.41, 5.74) is -3.88. The lowest BCUT2D eigenvalue weighted by molar-refractivity contribution is -0.286. The summed E-state index contributed by atoms with van der Waals surface area (Å²) < 4.78 is 140.